The second kappa shape index (κ2) is 8.51. The zero-order valence-corrected chi connectivity index (χ0v) is 15.4. The average Bonchev–Trinajstić information content (AvgIpc) is 2.69. The van der Waals surface area contributed by atoms with Crippen LogP contribution in [-0.2, 0) is 9.53 Å². The quantitative estimate of drug-likeness (QED) is 0.340. The summed E-state index contributed by atoms with van der Waals surface area (Å²) in [6, 6.07) is 23.4. The molecule has 0 aliphatic carbocycles. The maximum absolute atomic E-state index is 12.4. The maximum atomic E-state index is 12.4. The molecule has 0 saturated heterocycles. The van der Waals surface area contributed by atoms with Gasteiger partial charge in [0.2, 0.25) is 0 Å². The molecule has 6 heteroatoms. The minimum atomic E-state index is -0.646. The molecule has 0 fully saturated rings. The van der Waals surface area contributed by atoms with Gasteiger partial charge < -0.3 is 4.74 Å². The summed E-state index contributed by atoms with van der Waals surface area (Å²) in [5.41, 5.74) is 1.43. The van der Waals surface area contributed by atoms with Gasteiger partial charge in [0.25, 0.3) is 5.69 Å². The van der Waals surface area contributed by atoms with Gasteiger partial charge in [-0.1, -0.05) is 66.4 Å². The zero-order valence-electron chi connectivity index (χ0n) is 14.6. The standard InChI is InChI=1S/C21H17NO4S/c1-26-21(23)20(15-8-4-2-5-9-15)16-12-13-18(22(24)25)19(14-16)27-17-10-6-3-7-11-17/h2-14,20H,1H3/t20-/m1/s1. The van der Waals surface area contributed by atoms with Crippen molar-refractivity contribution in [3.63, 3.8) is 0 Å². The highest BCUT2D eigenvalue weighted by Crippen LogP contribution is 2.38. The second-order valence-electron chi connectivity index (χ2n) is 5.77. The van der Waals surface area contributed by atoms with Crippen molar-refractivity contribution in [2.45, 2.75) is 15.7 Å². The number of benzene rings is 3. The molecule has 3 aromatic rings. The first-order chi connectivity index (χ1) is 13.1. The molecular formula is C21H17NO4S. The van der Waals surface area contributed by atoms with E-state index in [2.05, 4.69) is 0 Å². The first-order valence-corrected chi connectivity index (χ1v) is 9.06. The Morgan fingerprint density at radius 1 is 0.963 bits per heavy atom. The van der Waals surface area contributed by atoms with Crippen LogP contribution in [0.5, 0.6) is 0 Å². The van der Waals surface area contributed by atoms with Crippen molar-refractivity contribution in [2.75, 3.05) is 7.11 Å². The Labute approximate surface area is 161 Å². The van der Waals surface area contributed by atoms with Crippen molar-refractivity contribution in [3.8, 4) is 0 Å². The molecule has 1 atom stereocenters. The molecule has 0 bridgehead atoms. The molecule has 0 N–H and O–H groups in total. The minimum Gasteiger partial charge on any atom is -0.468 e. The summed E-state index contributed by atoms with van der Waals surface area (Å²) in [5.74, 6) is -1.06. The summed E-state index contributed by atoms with van der Waals surface area (Å²) >= 11 is 1.29. The number of carbonyl (C=O) groups excluding carboxylic acids is 1. The summed E-state index contributed by atoms with van der Waals surface area (Å²) in [7, 11) is 1.34. The molecule has 27 heavy (non-hydrogen) atoms. The number of esters is 1. The molecule has 0 aliphatic heterocycles. The van der Waals surface area contributed by atoms with Crippen LogP contribution in [0.4, 0.5) is 5.69 Å². The van der Waals surface area contributed by atoms with Crippen LogP contribution in [-0.4, -0.2) is 18.0 Å². The number of nitrogens with zero attached hydrogens (tertiary/aromatic N) is 1. The van der Waals surface area contributed by atoms with Crippen molar-refractivity contribution < 1.29 is 14.5 Å². The third-order valence-electron chi connectivity index (χ3n) is 4.05. The average molecular weight is 379 g/mol. The number of methoxy groups -OCH3 is 1. The molecule has 0 aliphatic rings. The van der Waals surface area contributed by atoms with Gasteiger partial charge in [0.05, 0.1) is 16.9 Å². The maximum Gasteiger partial charge on any atom is 0.317 e. The Morgan fingerprint density at radius 3 is 2.19 bits per heavy atom. The predicted molar refractivity (Wildman–Crippen MR) is 104 cm³/mol. The highest BCUT2D eigenvalue weighted by atomic mass is 32.2. The molecule has 0 saturated carbocycles. The van der Waals surface area contributed by atoms with Gasteiger partial charge in [-0.2, -0.15) is 0 Å². The lowest BCUT2D eigenvalue weighted by Gasteiger charge is -2.16. The van der Waals surface area contributed by atoms with Gasteiger partial charge in [0.1, 0.15) is 5.92 Å². The zero-order chi connectivity index (χ0) is 19.2. The first-order valence-electron chi connectivity index (χ1n) is 8.24. The summed E-state index contributed by atoms with van der Waals surface area (Å²) in [6.07, 6.45) is 0. The number of ether oxygens (including phenoxy) is 1. The van der Waals surface area contributed by atoms with E-state index in [4.69, 9.17) is 4.74 Å². The van der Waals surface area contributed by atoms with Crippen LogP contribution in [0.3, 0.4) is 0 Å². The number of hydrogen-bond donors (Lipinski definition) is 0. The van der Waals surface area contributed by atoms with E-state index in [0.717, 1.165) is 10.5 Å². The predicted octanol–water partition coefficient (Wildman–Crippen LogP) is 5.05. The number of nitro groups is 1. The van der Waals surface area contributed by atoms with Gasteiger partial charge in [0.15, 0.2) is 0 Å². The topological polar surface area (TPSA) is 69.4 Å². The first kappa shape index (κ1) is 18.7. The number of carbonyl (C=O) groups is 1. The third-order valence-corrected chi connectivity index (χ3v) is 5.11. The Kier molecular flexibility index (Phi) is 5.88. The normalized spacial score (nSPS) is 11.6. The van der Waals surface area contributed by atoms with E-state index < -0.39 is 16.8 Å². The summed E-state index contributed by atoms with van der Waals surface area (Å²) in [5, 5.41) is 11.5. The molecule has 0 unspecified atom stereocenters. The van der Waals surface area contributed by atoms with Crippen LogP contribution in [0.2, 0.25) is 0 Å². The van der Waals surface area contributed by atoms with Crippen LogP contribution < -0.4 is 0 Å². The van der Waals surface area contributed by atoms with Crippen molar-refractivity contribution in [1.82, 2.24) is 0 Å². The molecule has 0 radical (unpaired) electrons. The van der Waals surface area contributed by atoms with E-state index in [1.807, 2.05) is 60.7 Å². The van der Waals surface area contributed by atoms with Crippen molar-refractivity contribution in [1.29, 1.82) is 0 Å². The van der Waals surface area contributed by atoms with Gasteiger partial charge in [-0.15, -0.1) is 0 Å². The van der Waals surface area contributed by atoms with Crippen LogP contribution in [0, 0.1) is 10.1 Å². The van der Waals surface area contributed by atoms with Gasteiger partial charge in [0, 0.05) is 11.0 Å². The van der Waals surface area contributed by atoms with Crippen LogP contribution >= 0.6 is 11.8 Å². The fourth-order valence-electron chi connectivity index (χ4n) is 2.79. The van der Waals surface area contributed by atoms with Crippen LogP contribution in [0.25, 0.3) is 0 Å². The van der Waals surface area contributed by atoms with Gasteiger partial charge in [-0.3, -0.25) is 14.9 Å². The van der Waals surface area contributed by atoms with E-state index in [1.165, 1.54) is 24.9 Å². The SMILES string of the molecule is COC(=O)[C@H](c1ccccc1)c1ccc([N+](=O)[O-])c(Sc2ccccc2)c1. The summed E-state index contributed by atoms with van der Waals surface area (Å²) in [4.78, 5) is 24.8. The molecule has 136 valence electrons. The van der Waals surface area contributed by atoms with Gasteiger partial charge in [-0.05, 0) is 29.3 Å². The lowest BCUT2D eigenvalue weighted by Crippen LogP contribution is -2.15. The Hall–Kier alpha value is -3.12. The van der Waals surface area contributed by atoms with Crippen molar-refractivity contribution in [3.05, 3.63) is 100 Å². The summed E-state index contributed by atoms with van der Waals surface area (Å²) < 4.78 is 4.98. The second-order valence-corrected chi connectivity index (χ2v) is 6.88. The Morgan fingerprint density at radius 2 is 1.59 bits per heavy atom. The minimum absolute atomic E-state index is 0.00396. The van der Waals surface area contributed by atoms with E-state index in [-0.39, 0.29) is 5.69 Å². The molecular weight excluding hydrogens is 362 g/mol. The third kappa shape index (κ3) is 4.35. The van der Waals surface area contributed by atoms with E-state index in [1.54, 1.807) is 12.1 Å². The summed E-state index contributed by atoms with van der Waals surface area (Å²) in [6.45, 7) is 0. The highest BCUT2D eigenvalue weighted by molar-refractivity contribution is 7.99. The molecule has 0 spiro atoms. The smallest absolute Gasteiger partial charge is 0.317 e. The number of rotatable bonds is 6. The van der Waals surface area contributed by atoms with Crippen molar-refractivity contribution in [2.24, 2.45) is 0 Å². The number of nitro benzene ring substituents is 1. The Bertz CT molecular complexity index is 945. The van der Waals surface area contributed by atoms with E-state index in [9.17, 15) is 14.9 Å². The monoisotopic (exact) mass is 379 g/mol. The lowest BCUT2D eigenvalue weighted by molar-refractivity contribution is -0.387. The van der Waals surface area contributed by atoms with Crippen molar-refractivity contribution >= 4 is 23.4 Å². The van der Waals surface area contributed by atoms with Crippen LogP contribution in [0.15, 0.2) is 88.7 Å². The largest absolute Gasteiger partial charge is 0.468 e. The molecule has 3 rings (SSSR count). The fourth-order valence-corrected chi connectivity index (χ4v) is 3.78. The highest BCUT2D eigenvalue weighted by Gasteiger charge is 2.26. The molecule has 0 heterocycles. The van der Waals surface area contributed by atoms with Crippen LogP contribution in [0.1, 0.15) is 17.0 Å². The lowest BCUT2D eigenvalue weighted by atomic mass is 9.91. The van der Waals surface area contributed by atoms with E-state index >= 15 is 0 Å². The van der Waals surface area contributed by atoms with Gasteiger partial charge in [-0.25, -0.2) is 0 Å². The Balaban J connectivity index is 2.07. The molecule has 0 aromatic heterocycles. The molecule has 3 aromatic carbocycles. The molecule has 5 nitrogen and oxygen atoms in total. The number of hydrogen-bond acceptors (Lipinski definition) is 5. The van der Waals surface area contributed by atoms with Gasteiger partial charge >= 0.3 is 5.97 Å². The van der Waals surface area contributed by atoms with E-state index in [0.29, 0.717) is 10.5 Å². The molecule has 0 amide bonds. The fraction of sp³-hybridized carbons (Fsp3) is 0.0952.